The average Bonchev–Trinajstić information content (AvgIpc) is 3.26. The zero-order chi connectivity index (χ0) is 26.3. The lowest BCUT2D eigenvalue weighted by Gasteiger charge is -2.30. The molecule has 0 spiro atoms. The van der Waals surface area contributed by atoms with Gasteiger partial charge in [0.2, 0.25) is 0 Å². The minimum Gasteiger partial charge on any atom is -0.493 e. The summed E-state index contributed by atoms with van der Waals surface area (Å²) in [7, 11) is 1.60. The van der Waals surface area contributed by atoms with Crippen LogP contribution in [0.1, 0.15) is 18.3 Å². The number of hydrogen-bond donors (Lipinski definition) is 1. The molecule has 2 heterocycles. The maximum Gasteiger partial charge on any atom is 0.162 e. The van der Waals surface area contributed by atoms with Crippen LogP contribution in [-0.2, 0) is 24.2 Å². The van der Waals surface area contributed by atoms with Gasteiger partial charge in [0, 0.05) is 44.5 Å². The third-order valence-electron chi connectivity index (χ3n) is 6.18. The first-order valence-electron chi connectivity index (χ1n) is 12.3. The van der Waals surface area contributed by atoms with E-state index in [1.54, 1.807) is 13.3 Å². The summed E-state index contributed by atoms with van der Waals surface area (Å²) in [5, 5.41) is 11.2. The third-order valence-corrected chi connectivity index (χ3v) is 6.18. The van der Waals surface area contributed by atoms with Gasteiger partial charge in [0.05, 0.1) is 26.9 Å². The topological polar surface area (TPSA) is 78.2 Å². The van der Waals surface area contributed by atoms with Gasteiger partial charge in [-0.25, -0.2) is 13.8 Å². The molecule has 1 saturated heterocycles. The average molecular weight is 518 g/mol. The molecule has 1 N–H and O–H groups in total. The molecule has 4 rings (SSSR count). The van der Waals surface area contributed by atoms with Crippen molar-refractivity contribution < 1.29 is 32.8 Å². The number of benzene rings is 2. The standard InChI is InChI=1S/C27H33F2N3O5/c1-3-26-30-8-9-32(26)11-13-36-25-14-20(4-7-24(25)34-2)16-31-10-12-35-18-27(33,17-31)19-37-21-5-6-22(28)23(29)15-21/h4-9,14-15,33H,3,10-13,16-19H2,1-2H3/t27-/m1/s1. The number of halogens is 2. The van der Waals surface area contributed by atoms with E-state index in [1.165, 1.54) is 6.07 Å². The van der Waals surface area contributed by atoms with E-state index in [1.807, 2.05) is 24.4 Å². The van der Waals surface area contributed by atoms with Crippen LogP contribution in [0.3, 0.4) is 0 Å². The van der Waals surface area contributed by atoms with Crippen molar-refractivity contribution >= 4 is 0 Å². The molecule has 0 aliphatic carbocycles. The quantitative estimate of drug-likeness (QED) is 0.418. The van der Waals surface area contributed by atoms with Crippen LogP contribution >= 0.6 is 0 Å². The zero-order valence-electron chi connectivity index (χ0n) is 21.2. The van der Waals surface area contributed by atoms with Gasteiger partial charge in [-0.1, -0.05) is 13.0 Å². The number of ether oxygens (including phenoxy) is 4. The Balaban J connectivity index is 1.38. The fourth-order valence-corrected chi connectivity index (χ4v) is 4.31. The maximum absolute atomic E-state index is 13.5. The number of β-amino-alcohol motifs (C(OH)–C–C–N with tert-alkyl or cyclic N) is 1. The summed E-state index contributed by atoms with van der Waals surface area (Å²) in [6.07, 6.45) is 4.58. The van der Waals surface area contributed by atoms with Gasteiger partial charge in [-0.3, -0.25) is 4.90 Å². The highest BCUT2D eigenvalue weighted by molar-refractivity contribution is 5.43. The molecule has 10 heteroatoms. The van der Waals surface area contributed by atoms with E-state index in [2.05, 4.69) is 21.4 Å². The van der Waals surface area contributed by atoms with E-state index in [9.17, 15) is 13.9 Å². The third kappa shape index (κ3) is 7.18. The summed E-state index contributed by atoms with van der Waals surface area (Å²) in [5.41, 5.74) is -0.340. The van der Waals surface area contributed by atoms with Crippen molar-refractivity contribution in [3.63, 3.8) is 0 Å². The van der Waals surface area contributed by atoms with Gasteiger partial charge in [0.1, 0.15) is 30.4 Å². The highest BCUT2D eigenvalue weighted by Gasteiger charge is 2.33. The summed E-state index contributed by atoms with van der Waals surface area (Å²) in [4.78, 5) is 6.40. The number of hydrogen-bond acceptors (Lipinski definition) is 7. The lowest BCUT2D eigenvalue weighted by molar-refractivity contribution is -0.0647. The summed E-state index contributed by atoms with van der Waals surface area (Å²) in [5.74, 6) is 0.472. The number of rotatable bonds is 11. The normalized spacial score (nSPS) is 18.4. The molecule has 37 heavy (non-hydrogen) atoms. The number of methoxy groups -OCH3 is 1. The Morgan fingerprint density at radius 1 is 1.11 bits per heavy atom. The predicted octanol–water partition coefficient (Wildman–Crippen LogP) is 3.45. The van der Waals surface area contributed by atoms with E-state index >= 15 is 0 Å². The number of imidazole rings is 1. The molecule has 0 bridgehead atoms. The molecule has 0 amide bonds. The van der Waals surface area contributed by atoms with E-state index in [0.717, 1.165) is 29.9 Å². The lowest BCUT2D eigenvalue weighted by atomic mass is 10.1. The van der Waals surface area contributed by atoms with Crippen LogP contribution in [0, 0.1) is 11.6 Å². The number of aliphatic hydroxyl groups is 1. The van der Waals surface area contributed by atoms with Crippen molar-refractivity contribution in [3.8, 4) is 17.2 Å². The van der Waals surface area contributed by atoms with Gasteiger partial charge >= 0.3 is 0 Å². The smallest absolute Gasteiger partial charge is 0.162 e. The molecule has 0 unspecified atom stereocenters. The Morgan fingerprint density at radius 3 is 2.76 bits per heavy atom. The molecule has 3 aromatic rings. The summed E-state index contributed by atoms with van der Waals surface area (Å²) in [6.45, 7) is 5.01. The van der Waals surface area contributed by atoms with Crippen LogP contribution < -0.4 is 14.2 Å². The Labute approximate surface area is 215 Å². The van der Waals surface area contributed by atoms with E-state index in [4.69, 9.17) is 18.9 Å². The molecule has 1 atom stereocenters. The second-order valence-electron chi connectivity index (χ2n) is 9.08. The van der Waals surface area contributed by atoms with Crippen LogP contribution in [-0.4, -0.2) is 71.8 Å². The summed E-state index contributed by atoms with van der Waals surface area (Å²) in [6, 6.07) is 9.04. The Kier molecular flexibility index (Phi) is 8.96. The highest BCUT2D eigenvalue weighted by atomic mass is 19.2. The van der Waals surface area contributed by atoms with E-state index < -0.39 is 17.2 Å². The molecule has 1 aliphatic rings. The van der Waals surface area contributed by atoms with E-state index in [0.29, 0.717) is 44.3 Å². The zero-order valence-corrected chi connectivity index (χ0v) is 21.2. The van der Waals surface area contributed by atoms with Crippen LogP contribution in [0.4, 0.5) is 8.78 Å². The van der Waals surface area contributed by atoms with Gasteiger partial charge in [-0.2, -0.15) is 0 Å². The van der Waals surface area contributed by atoms with Crippen LogP contribution in [0.5, 0.6) is 17.2 Å². The molecule has 200 valence electrons. The monoisotopic (exact) mass is 517 g/mol. The Bertz CT molecular complexity index is 1170. The molecule has 0 saturated carbocycles. The number of aromatic nitrogens is 2. The first-order chi connectivity index (χ1) is 17.9. The maximum atomic E-state index is 13.5. The number of nitrogens with zero attached hydrogens (tertiary/aromatic N) is 3. The van der Waals surface area contributed by atoms with Crippen LogP contribution in [0.15, 0.2) is 48.8 Å². The van der Waals surface area contributed by atoms with Crippen LogP contribution in [0.2, 0.25) is 0 Å². The van der Waals surface area contributed by atoms with Crippen molar-refractivity contribution in [2.45, 2.75) is 32.0 Å². The van der Waals surface area contributed by atoms with Gasteiger partial charge in [-0.05, 0) is 29.8 Å². The molecule has 1 aliphatic heterocycles. The molecular formula is C27H33F2N3O5. The van der Waals surface area contributed by atoms with Gasteiger partial charge < -0.3 is 28.6 Å². The summed E-state index contributed by atoms with van der Waals surface area (Å²) >= 11 is 0. The van der Waals surface area contributed by atoms with Gasteiger partial charge in [-0.15, -0.1) is 0 Å². The second kappa shape index (κ2) is 12.4. The minimum atomic E-state index is -1.32. The molecule has 2 aromatic carbocycles. The van der Waals surface area contributed by atoms with Gasteiger partial charge in [0.25, 0.3) is 0 Å². The van der Waals surface area contributed by atoms with Crippen molar-refractivity contribution in [2.75, 3.05) is 46.6 Å². The Morgan fingerprint density at radius 2 is 1.97 bits per heavy atom. The highest BCUT2D eigenvalue weighted by Crippen LogP contribution is 2.29. The Hall–Kier alpha value is -3.21. The SMILES string of the molecule is CCc1nccn1CCOc1cc(CN2CCOC[C@@](O)(COc3ccc(F)c(F)c3)C2)ccc1OC. The lowest BCUT2D eigenvalue weighted by Crippen LogP contribution is -2.48. The molecular weight excluding hydrogens is 484 g/mol. The van der Waals surface area contributed by atoms with E-state index in [-0.39, 0.29) is 25.5 Å². The summed E-state index contributed by atoms with van der Waals surface area (Å²) < 4.78 is 51.5. The first kappa shape index (κ1) is 26.8. The minimum absolute atomic E-state index is 0.0676. The first-order valence-corrected chi connectivity index (χ1v) is 12.3. The molecule has 8 nitrogen and oxygen atoms in total. The molecule has 0 radical (unpaired) electrons. The predicted molar refractivity (Wildman–Crippen MR) is 133 cm³/mol. The van der Waals surface area contributed by atoms with Crippen molar-refractivity contribution in [2.24, 2.45) is 0 Å². The van der Waals surface area contributed by atoms with Crippen molar-refractivity contribution in [1.29, 1.82) is 0 Å². The largest absolute Gasteiger partial charge is 0.493 e. The molecule has 1 aromatic heterocycles. The van der Waals surface area contributed by atoms with Crippen molar-refractivity contribution in [3.05, 3.63) is 71.8 Å². The van der Waals surface area contributed by atoms with Crippen molar-refractivity contribution in [1.82, 2.24) is 14.5 Å². The molecule has 1 fully saturated rings. The van der Waals surface area contributed by atoms with Gasteiger partial charge in [0.15, 0.2) is 23.1 Å². The fourth-order valence-electron chi connectivity index (χ4n) is 4.31. The fraction of sp³-hybridized carbons (Fsp3) is 0.444. The second-order valence-corrected chi connectivity index (χ2v) is 9.08. The number of aryl methyl sites for hydroxylation is 1. The van der Waals surface area contributed by atoms with Crippen LogP contribution in [0.25, 0.3) is 0 Å².